The number of aromatic nitrogens is 1. The standard InChI is InChI=1S/C24H19NO/c26-24-18-21-11-10-20(9-6-14-25-12-4-5-13-25)15-22(21)17-23(24)16-19-7-2-1-3-8-19/h1-5,7-8,10-13,15,17-18,26H,14,16H2. The predicted molar refractivity (Wildman–Crippen MR) is 106 cm³/mol. The highest BCUT2D eigenvalue weighted by atomic mass is 16.3. The molecule has 1 N–H and O–H groups in total. The lowest BCUT2D eigenvalue weighted by Gasteiger charge is -2.08. The van der Waals surface area contributed by atoms with Gasteiger partial charge in [0.2, 0.25) is 0 Å². The van der Waals surface area contributed by atoms with E-state index in [9.17, 15) is 5.11 Å². The molecule has 4 aromatic rings. The summed E-state index contributed by atoms with van der Waals surface area (Å²) in [6.45, 7) is 0.680. The summed E-state index contributed by atoms with van der Waals surface area (Å²) in [5, 5.41) is 12.5. The van der Waals surface area contributed by atoms with Gasteiger partial charge >= 0.3 is 0 Å². The minimum absolute atomic E-state index is 0.341. The number of hydrogen-bond donors (Lipinski definition) is 1. The Morgan fingerprint density at radius 1 is 0.808 bits per heavy atom. The second-order valence-electron chi connectivity index (χ2n) is 6.36. The quantitative estimate of drug-likeness (QED) is 0.524. The van der Waals surface area contributed by atoms with E-state index in [0.29, 0.717) is 18.7 Å². The fraction of sp³-hybridized carbons (Fsp3) is 0.0833. The molecule has 26 heavy (non-hydrogen) atoms. The second kappa shape index (κ2) is 7.21. The van der Waals surface area contributed by atoms with E-state index < -0.39 is 0 Å². The van der Waals surface area contributed by atoms with Crippen LogP contribution in [-0.4, -0.2) is 9.67 Å². The number of phenolic OH excluding ortho intramolecular Hbond substituents is 1. The first-order valence-electron chi connectivity index (χ1n) is 8.67. The molecule has 4 rings (SSSR count). The minimum atomic E-state index is 0.341. The SMILES string of the molecule is Oc1cc2ccc(C#CCn3cccc3)cc2cc1Cc1ccccc1. The van der Waals surface area contributed by atoms with Gasteiger partial charge in [-0.25, -0.2) is 0 Å². The molecule has 126 valence electrons. The molecule has 0 aliphatic carbocycles. The van der Waals surface area contributed by atoms with Gasteiger partial charge in [-0.3, -0.25) is 0 Å². The van der Waals surface area contributed by atoms with Crippen molar-refractivity contribution < 1.29 is 5.11 Å². The molecule has 1 heterocycles. The van der Waals surface area contributed by atoms with Crippen LogP contribution in [0.15, 0.2) is 85.2 Å². The first-order chi connectivity index (χ1) is 12.8. The van der Waals surface area contributed by atoms with Crippen LogP contribution < -0.4 is 0 Å². The molecule has 0 amide bonds. The number of benzene rings is 3. The van der Waals surface area contributed by atoms with Crippen LogP contribution in [0.3, 0.4) is 0 Å². The molecule has 0 bridgehead atoms. The van der Waals surface area contributed by atoms with E-state index in [1.807, 2.05) is 65.5 Å². The van der Waals surface area contributed by atoms with Gasteiger partial charge in [-0.05, 0) is 58.3 Å². The first-order valence-corrected chi connectivity index (χ1v) is 8.67. The van der Waals surface area contributed by atoms with Crippen LogP contribution in [0, 0.1) is 11.8 Å². The Kier molecular flexibility index (Phi) is 4.45. The fourth-order valence-corrected chi connectivity index (χ4v) is 3.08. The molecule has 2 heteroatoms. The van der Waals surface area contributed by atoms with Crippen molar-refractivity contribution in [2.45, 2.75) is 13.0 Å². The van der Waals surface area contributed by atoms with Crippen LogP contribution in [-0.2, 0) is 13.0 Å². The molecule has 0 fully saturated rings. The fourth-order valence-electron chi connectivity index (χ4n) is 3.08. The van der Waals surface area contributed by atoms with Crippen molar-refractivity contribution in [2.24, 2.45) is 0 Å². The summed E-state index contributed by atoms with van der Waals surface area (Å²) < 4.78 is 2.05. The van der Waals surface area contributed by atoms with Gasteiger partial charge in [0, 0.05) is 24.4 Å². The zero-order valence-corrected chi connectivity index (χ0v) is 14.4. The van der Waals surface area contributed by atoms with Gasteiger partial charge in [0.25, 0.3) is 0 Å². The summed E-state index contributed by atoms with van der Waals surface area (Å²) in [5.74, 6) is 6.76. The highest BCUT2D eigenvalue weighted by Crippen LogP contribution is 2.27. The van der Waals surface area contributed by atoms with Gasteiger partial charge in [0.15, 0.2) is 0 Å². The number of phenols is 1. The second-order valence-corrected chi connectivity index (χ2v) is 6.36. The molecule has 0 radical (unpaired) electrons. The van der Waals surface area contributed by atoms with Crippen molar-refractivity contribution in [3.63, 3.8) is 0 Å². The van der Waals surface area contributed by atoms with Gasteiger partial charge < -0.3 is 9.67 Å². The highest BCUT2D eigenvalue weighted by Gasteiger charge is 2.05. The monoisotopic (exact) mass is 337 g/mol. The summed E-state index contributed by atoms with van der Waals surface area (Å²) in [4.78, 5) is 0. The molecule has 0 spiro atoms. The number of hydrogen-bond acceptors (Lipinski definition) is 1. The van der Waals surface area contributed by atoms with E-state index in [1.165, 1.54) is 5.56 Å². The van der Waals surface area contributed by atoms with E-state index >= 15 is 0 Å². The molecule has 2 nitrogen and oxygen atoms in total. The Morgan fingerprint density at radius 3 is 2.42 bits per heavy atom. The summed E-state index contributed by atoms with van der Waals surface area (Å²) in [5.41, 5.74) is 3.10. The van der Waals surface area contributed by atoms with E-state index in [1.54, 1.807) is 0 Å². The van der Waals surface area contributed by atoms with Crippen molar-refractivity contribution in [2.75, 3.05) is 0 Å². The Hall–Kier alpha value is -3.44. The average Bonchev–Trinajstić information content (AvgIpc) is 3.17. The van der Waals surface area contributed by atoms with Crippen LogP contribution in [0.4, 0.5) is 0 Å². The molecular weight excluding hydrogens is 318 g/mol. The number of nitrogens with zero attached hydrogens (tertiary/aromatic N) is 1. The van der Waals surface area contributed by atoms with Crippen LogP contribution in [0.5, 0.6) is 5.75 Å². The molecule has 0 unspecified atom stereocenters. The van der Waals surface area contributed by atoms with Crippen LogP contribution in [0.1, 0.15) is 16.7 Å². The maximum atomic E-state index is 10.4. The third-order valence-corrected chi connectivity index (χ3v) is 4.44. The van der Waals surface area contributed by atoms with Gasteiger partial charge in [-0.2, -0.15) is 0 Å². The first kappa shape index (κ1) is 16.1. The minimum Gasteiger partial charge on any atom is -0.508 e. The normalized spacial score (nSPS) is 10.5. The van der Waals surface area contributed by atoms with Crippen LogP contribution in [0.25, 0.3) is 10.8 Å². The Labute approximate surface area is 153 Å². The molecule has 0 atom stereocenters. The van der Waals surface area contributed by atoms with E-state index in [0.717, 1.165) is 21.9 Å². The van der Waals surface area contributed by atoms with Gasteiger partial charge in [-0.1, -0.05) is 48.2 Å². The zero-order chi connectivity index (χ0) is 17.8. The molecule has 1 aromatic heterocycles. The average molecular weight is 337 g/mol. The van der Waals surface area contributed by atoms with Crippen LogP contribution >= 0.6 is 0 Å². The Balaban J connectivity index is 1.62. The van der Waals surface area contributed by atoms with Gasteiger partial charge in [-0.15, -0.1) is 0 Å². The lowest BCUT2D eigenvalue weighted by Crippen LogP contribution is -1.90. The number of rotatable bonds is 3. The van der Waals surface area contributed by atoms with Crippen molar-refractivity contribution in [3.05, 3.63) is 102 Å². The summed E-state index contributed by atoms with van der Waals surface area (Å²) in [6, 6.07) is 24.2. The van der Waals surface area contributed by atoms with Crippen LogP contribution in [0.2, 0.25) is 0 Å². The molecular formula is C24H19NO. The maximum absolute atomic E-state index is 10.4. The molecule has 0 aliphatic heterocycles. The van der Waals surface area contributed by atoms with Crippen molar-refractivity contribution in [1.29, 1.82) is 0 Å². The van der Waals surface area contributed by atoms with E-state index in [4.69, 9.17) is 0 Å². The lowest BCUT2D eigenvalue weighted by molar-refractivity contribution is 0.470. The molecule has 3 aromatic carbocycles. The third-order valence-electron chi connectivity index (χ3n) is 4.44. The van der Waals surface area contributed by atoms with Gasteiger partial charge in [0.05, 0.1) is 6.54 Å². The smallest absolute Gasteiger partial charge is 0.119 e. The molecule has 0 aliphatic rings. The van der Waals surface area contributed by atoms with E-state index in [2.05, 4.69) is 36.1 Å². The number of aromatic hydroxyl groups is 1. The summed E-state index contributed by atoms with van der Waals surface area (Å²) >= 11 is 0. The van der Waals surface area contributed by atoms with Crippen molar-refractivity contribution in [3.8, 4) is 17.6 Å². The topological polar surface area (TPSA) is 25.2 Å². The predicted octanol–water partition coefficient (Wildman–Crippen LogP) is 4.99. The third kappa shape index (κ3) is 3.63. The number of fused-ring (bicyclic) bond motifs is 1. The summed E-state index contributed by atoms with van der Waals surface area (Å²) in [7, 11) is 0. The van der Waals surface area contributed by atoms with Gasteiger partial charge in [0.1, 0.15) is 5.75 Å². The van der Waals surface area contributed by atoms with Crippen molar-refractivity contribution in [1.82, 2.24) is 4.57 Å². The molecule has 0 saturated heterocycles. The highest BCUT2D eigenvalue weighted by molar-refractivity contribution is 5.86. The molecule has 0 saturated carbocycles. The maximum Gasteiger partial charge on any atom is 0.119 e. The summed E-state index contributed by atoms with van der Waals surface area (Å²) in [6.07, 6.45) is 4.73. The van der Waals surface area contributed by atoms with E-state index in [-0.39, 0.29) is 0 Å². The lowest BCUT2D eigenvalue weighted by atomic mass is 9.99. The van der Waals surface area contributed by atoms with Crippen molar-refractivity contribution >= 4 is 10.8 Å². The Morgan fingerprint density at radius 2 is 1.62 bits per heavy atom. The largest absolute Gasteiger partial charge is 0.508 e. The Bertz CT molecular complexity index is 1080. The zero-order valence-electron chi connectivity index (χ0n) is 14.4.